The highest BCUT2D eigenvalue weighted by Gasteiger charge is 2.28. The maximum absolute atomic E-state index is 11.9. The van der Waals surface area contributed by atoms with Crippen LogP contribution in [0.4, 0.5) is 0 Å². The molecule has 1 N–H and O–H groups in total. The standard InChI is InChI=1S/C16H22Cl2N2O3.ClH/c1-20(16(21)10-22-2)9-15-12(8-19-5-6-23-15)11-3-4-13(17)14(18)7-11;/h3-4,7,12,15,19H,5-6,8-10H2,1-2H3;1H/t12-,15+;/m0./s1. The molecule has 136 valence electrons. The number of rotatable bonds is 5. The Labute approximate surface area is 159 Å². The molecule has 24 heavy (non-hydrogen) atoms. The number of halogens is 3. The zero-order valence-electron chi connectivity index (χ0n) is 13.8. The molecule has 0 unspecified atom stereocenters. The predicted molar refractivity (Wildman–Crippen MR) is 98.6 cm³/mol. The molecule has 1 fully saturated rings. The largest absolute Gasteiger partial charge is 0.375 e. The number of methoxy groups -OCH3 is 1. The van der Waals surface area contributed by atoms with Gasteiger partial charge in [-0.25, -0.2) is 0 Å². The van der Waals surface area contributed by atoms with E-state index >= 15 is 0 Å². The molecule has 0 radical (unpaired) electrons. The van der Waals surface area contributed by atoms with Crippen LogP contribution in [0.25, 0.3) is 0 Å². The molecule has 1 aromatic rings. The fraction of sp³-hybridized carbons (Fsp3) is 0.562. The van der Waals surface area contributed by atoms with Gasteiger partial charge in [-0.1, -0.05) is 29.3 Å². The summed E-state index contributed by atoms with van der Waals surface area (Å²) in [6.07, 6.45) is -0.118. The number of carbonyl (C=O) groups excluding carboxylic acids is 1. The molecule has 1 aliphatic rings. The lowest BCUT2D eigenvalue weighted by atomic mass is 9.93. The van der Waals surface area contributed by atoms with Crippen LogP contribution in [0.5, 0.6) is 0 Å². The topological polar surface area (TPSA) is 50.8 Å². The Balaban J connectivity index is 0.00000288. The predicted octanol–water partition coefficient (Wildman–Crippen LogP) is 2.59. The summed E-state index contributed by atoms with van der Waals surface area (Å²) in [6.45, 7) is 2.71. The monoisotopic (exact) mass is 396 g/mol. The van der Waals surface area contributed by atoms with Crippen LogP contribution in [0.3, 0.4) is 0 Å². The van der Waals surface area contributed by atoms with Crippen LogP contribution in [0.15, 0.2) is 18.2 Å². The van der Waals surface area contributed by atoms with Crippen molar-refractivity contribution in [3.63, 3.8) is 0 Å². The Morgan fingerprint density at radius 2 is 2.17 bits per heavy atom. The molecule has 2 atom stereocenters. The van der Waals surface area contributed by atoms with Gasteiger partial charge >= 0.3 is 0 Å². The minimum Gasteiger partial charge on any atom is -0.375 e. The van der Waals surface area contributed by atoms with Gasteiger partial charge in [-0.2, -0.15) is 0 Å². The minimum absolute atomic E-state index is 0. The van der Waals surface area contributed by atoms with E-state index in [0.29, 0.717) is 23.2 Å². The first-order valence-corrected chi connectivity index (χ1v) is 8.28. The Hall–Kier alpha value is -0.560. The first kappa shape index (κ1) is 21.5. The molecule has 1 heterocycles. The maximum atomic E-state index is 11.9. The van der Waals surface area contributed by atoms with Gasteiger partial charge in [-0.05, 0) is 17.7 Å². The van der Waals surface area contributed by atoms with Crippen LogP contribution < -0.4 is 5.32 Å². The quantitative estimate of drug-likeness (QED) is 0.830. The van der Waals surface area contributed by atoms with Gasteiger partial charge in [0.05, 0.1) is 22.8 Å². The molecule has 1 amide bonds. The lowest BCUT2D eigenvalue weighted by molar-refractivity contribution is -0.135. The van der Waals surface area contributed by atoms with Crippen molar-refractivity contribution in [3.05, 3.63) is 33.8 Å². The van der Waals surface area contributed by atoms with E-state index in [2.05, 4.69) is 5.32 Å². The number of ether oxygens (including phenoxy) is 2. The SMILES string of the molecule is COCC(=O)N(C)C[C@H]1OCCNC[C@H]1c1ccc(Cl)c(Cl)c1.Cl. The molecule has 1 aromatic carbocycles. The molecule has 8 heteroatoms. The second-order valence-electron chi connectivity index (χ2n) is 5.60. The van der Waals surface area contributed by atoms with E-state index in [0.717, 1.165) is 18.7 Å². The highest BCUT2D eigenvalue weighted by Crippen LogP contribution is 2.29. The number of amides is 1. The van der Waals surface area contributed by atoms with Crippen LogP contribution in [-0.2, 0) is 14.3 Å². The van der Waals surface area contributed by atoms with Crippen LogP contribution in [-0.4, -0.2) is 63.9 Å². The summed E-state index contributed by atoms with van der Waals surface area (Å²) in [7, 11) is 3.27. The lowest BCUT2D eigenvalue weighted by Gasteiger charge is -2.29. The second-order valence-corrected chi connectivity index (χ2v) is 6.42. The molecular weight excluding hydrogens is 375 g/mol. The highest BCUT2D eigenvalue weighted by molar-refractivity contribution is 6.42. The number of carbonyl (C=O) groups is 1. The van der Waals surface area contributed by atoms with Crippen molar-refractivity contribution in [3.8, 4) is 0 Å². The third kappa shape index (κ3) is 5.76. The fourth-order valence-corrected chi connectivity index (χ4v) is 2.96. The summed E-state index contributed by atoms with van der Waals surface area (Å²) in [5.74, 6) is 0.0197. The molecule has 0 aliphatic carbocycles. The maximum Gasteiger partial charge on any atom is 0.248 e. The van der Waals surface area contributed by atoms with Crippen molar-refractivity contribution in [2.24, 2.45) is 0 Å². The van der Waals surface area contributed by atoms with Crippen LogP contribution in [0.2, 0.25) is 10.0 Å². The zero-order valence-corrected chi connectivity index (χ0v) is 16.1. The summed E-state index contributed by atoms with van der Waals surface area (Å²) >= 11 is 12.1. The summed E-state index contributed by atoms with van der Waals surface area (Å²) in [5.41, 5.74) is 1.05. The van der Waals surface area contributed by atoms with E-state index in [1.807, 2.05) is 12.1 Å². The van der Waals surface area contributed by atoms with E-state index in [1.54, 1.807) is 18.0 Å². The van der Waals surface area contributed by atoms with Gasteiger partial charge < -0.3 is 19.7 Å². The van der Waals surface area contributed by atoms with Gasteiger partial charge in [0.2, 0.25) is 5.91 Å². The number of hydrogen-bond donors (Lipinski definition) is 1. The number of hydrogen-bond acceptors (Lipinski definition) is 4. The second kappa shape index (κ2) is 10.4. The number of nitrogens with one attached hydrogen (secondary N) is 1. The zero-order chi connectivity index (χ0) is 16.8. The van der Waals surface area contributed by atoms with Gasteiger partial charge in [0, 0.05) is 39.7 Å². The van der Waals surface area contributed by atoms with Gasteiger partial charge in [-0.3, -0.25) is 4.79 Å². The third-order valence-electron chi connectivity index (χ3n) is 3.94. The first-order chi connectivity index (χ1) is 11.0. The normalized spacial score (nSPS) is 20.8. The van der Waals surface area contributed by atoms with Crippen LogP contribution in [0, 0.1) is 0 Å². The third-order valence-corrected chi connectivity index (χ3v) is 4.68. The van der Waals surface area contributed by atoms with Crippen molar-refractivity contribution in [2.75, 3.05) is 47.0 Å². The minimum atomic E-state index is -0.118. The van der Waals surface area contributed by atoms with Crippen molar-refractivity contribution in [1.82, 2.24) is 10.2 Å². The molecular formula is C16H23Cl3N2O3. The number of likely N-dealkylation sites (N-methyl/N-ethyl adjacent to an activating group) is 1. The van der Waals surface area contributed by atoms with Crippen molar-refractivity contribution < 1.29 is 14.3 Å². The van der Waals surface area contributed by atoms with Crippen LogP contribution in [0.1, 0.15) is 11.5 Å². The van der Waals surface area contributed by atoms with E-state index in [1.165, 1.54) is 7.11 Å². The summed E-state index contributed by atoms with van der Waals surface area (Å²) in [5, 5.41) is 4.41. The van der Waals surface area contributed by atoms with E-state index < -0.39 is 0 Å². The Bertz CT molecular complexity index is 545. The van der Waals surface area contributed by atoms with Crippen molar-refractivity contribution in [1.29, 1.82) is 0 Å². The lowest BCUT2D eigenvalue weighted by Crippen LogP contribution is -2.41. The Morgan fingerprint density at radius 1 is 1.42 bits per heavy atom. The highest BCUT2D eigenvalue weighted by atomic mass is 35.5. The van der Waals surface area contributed by atoms with Gasteiger partial charge in [0.15, 0.2) is 0 Å². The van der Waals surface area contributed by atoms with E-state index in [4.69, 9.17) is 32.7 Å². The fourth-order valence-electron chi connectivity index (χ4n) is 2.65. The average molecular weight is 398 g/mol. The molecule has 0 aromatic heterocycles. The summed E-state index contributed by atoms with van der Waals surface area (Å²) in [6, 6.07) is 5.62. The molecule has 1 saturated heterocycles. The van der Waals surface area contributed by atoms with Crippen LogP contribution >= 0.6 is 35.6 Å². The molecule has 1 aliphatic heterocycles. The van der Waals surface area contributed by atoms with E-state index in [-0.39, 0.29) is 36.9 Å². The van der Waals surface area contributed by atoms with Crippen molar-refractivity contribution >= 4 is 41.5 Å². The Kier molecular flexibility index (Phi) is 9.34. The van der Waals surface area contributed by atoms with Gasteiger partial charge in [-0.15, -0.1) is 12.4 Å². The molecule has 0 spiro atoms. The number of nitrogens with zero attached hydrogens (tertiary/aromatic N) is 1. The molecule has 0 saturated carbocycles. The van der Waals surface area contributed by atoms with Gasteiger partial charge in [0.1, 0.15) is 6.61 Å². The molecule has 2 rings (SSSR count). The van der Waals surface area contributed by atoms with Gasteiger partial charge in [0.25, 0.3) is 0 Å². The summed E-state index contributed by atoms with van der Waals surface area (Å²) < 4.78 is 10.9. The molecule has 0 bridgehead atoms. The average Bonchev–Trinajstić information content (AvgIpc) is 2.76. The van der Waals surface area contributed by atoms with E-state index in [9.17, 15) is 4.79 Å². The number of benzene rings is 1. The molecule has 5 nitrogen and oxygen atoms in total. The first-order valence-electron chi connectivity index (χ1n) is 7.53. The smallest absolute Gasteiger partial charge is 0.248 e. The van der Waals surface area contributed by atoms with Crippen molar-refractivity contribution in [2.45, 2.75) is 12.0 Å². The Morgan fingerprint density at radius 3 is 2.83 bits per heavy atom. The summed E-state index contributed by atoms with van der Waals surface area (Å²) in [4.78, 5) is 13.6.